The van der Waals surface area contributed by atoms with Crippen LogP contribution in [-0.4, -0.2) is 13.6 Å². The van der Waals surface area contributed by atoms with Gasteiger partial charge in [0.05, 0.1) is 5.56 Å². The summed E-state index contributed by atoms with van der Waals surface area (Å²) in [5.74, 6) is 0. The largest absolute Gasteiger partial charge is 0.416 e. The highest BCUT2D eigenvalue weighted by Gasteiger charge is 2.32. The van der Waals surface area contributed by atoms with E-state index in [1.807, 2.05) is 0 Å². The summed E-state index contributed by atoms with van der Waals surface area (Å²) in [5, 5.41) is 2.81. The number of nitrogens with two attached hydrogens (primary N) is 1. The van der Waals surface area contributed by atoms with Crippen molar-refractivity contribution in [1.29, 1.82) is 0 Å². The second kappa shape index (κ2) is 5.03. The van der Waals surface area contributed by atoms with Crippen LogP contribution in [0.4, 0.5) is 18.9 Å². The summed E-state index contributed by atoms with van der Waals surface area (Å²) in [6.45, 7) is 0.506. The van der Waals surface area contributed by atoms with Crippen LogP contribution < -0.4 is 11.1 Å². The Bertz CT molecular complexity index is 383. The molecule has 0 saturated carbocycles. The summed E-state index contributed by atoms with van der Waals surface area (Å²) < 4.78 is 37.8. The number of alkyl halides is 3. The minimum absolute atomic E-state index is 0.0859. The first kappa shape index (κ1) is 12.6. The fourth-order valence-corrected chi connectivity index (χ4v) is 1.28. The summed E-state index contributed by atoms with van der Waals surface area (Å²) >= 11 is 0. The molecule has 1 rings (SSSR count). The molecule has 0 saturated heterocycles. The van der Waals surface area contributed by atoms with Crippen molar-refractivity contribution < 1.29 is 13.2 Å². The normalized spacial score (nSPS) is 12.2. The summed E-state index contributed by atoms with van der Waals surface area (Å²) in [4.78, 5) is 0. The molecule has 0 aliphatic carbocycles. The van der Waals surface area contributed by atoms with E-state index < -0.39 is 11.7 Å². The first-order valence-corrected chi connectivity index (χ1v) is 4.73. The van der Waals surface area contributed by atoms with Crippen LogP contribution in [0.1, 0.15) is 11.1 Å². The van der Waals surface area contributed by atoms with Gasteiger partial charge in [0.15, 0.2) is 0 Å². The highest BCUT2D eigenvalue weighted by Crippen LogP contribution is 2.33. The molecule has 3 N–H and O–H groups in total. The lowest BCUT2D eigenvalue weighted by molar-refractivity contribution is -0.137. The van der Waals surface area contributed by atoms with Gasteiger partial charge in [-0.05, 0) is 30.8 Å². The monoisotopic (exact) mass is 230 g/mol. The number of hydrogen-bond acceptors (Lipinski definition) is 2. The van der Waals surface area contributed by atoms with Crippen molar-refractivity contribution in [1.82, 2.24) is 5.32 Å². The van der Waals surface area contributed by atoms with Crippen LogP contribution in [0.5, 0.6) is 0 Å². The Labute approximate surface area is 92.0 Å². The summed E-state index contributed by atoms with van der Waals surface area (Å²) in [6.07, 6.45) is -1.33. The summed E-state index contributed by atoms with van der Waals surface area (Å²) in [5.41, 5.74) is 5.19. The van der Waals surface area contributed by atoms with Crippen molar-refractivity contribution in [2.45, 2.75) is 6.18 Å². The minimum atomic E-state index is -4.35. The van der Waals surface area contributed by atoms with E-state index in [4.69, 9.17) is 5.73 Å². The zero-order chi connectivity index (χ0) is 12.2. The summed E-state index contributed by atoms with van der Waals surface area (Å²) in [7, 11) is 1.72. The van der Waals surface area contributed by atoms with E-state index in [0.29, 0.717) is 12.2 Å². The van der Waals surface area contributed by atoms with Gasteiger partial charge in [-0.25, -0.2) is 0 Å². The third-order valence-corrected chi connectivity index (χ3v) is 2.00. The molecule has 5 heteroatoms. The molecule has 1 aromatic rings. The third kappa shape index (κ3) is 3.27. The van der Waals surface area contributed by atoms with Gasteiger partial charge in [-0.1, -0.05) is 12.2 Å². The smallest absolute Gasteiger partial charge is 0.399 e. The van der Waals surface area contributed by atoms with Crippen molar-refractivity contribution in [2.75, 3.05) is 19.3 Å². The Morgan fingerprint density at radius 2 is 2.06 bits per heavy atom. The molecular formula is C11H13F3N2. The van der Waals surface area contributed by atoms with Crippen molar-refractivity contribution in [3.05, 3.63) is 35.4 Å². The van der Waals surface area contributed by atoms with E-state index in [1.54, 1.807) is 13.1 Å². The number of nitrogen functional groups attached to an aromatic ring is 1. The highest BCUT2D eigenvalue weighted by molar-refractivity contribution is 5.60. The van der Waals surface area contributed by atoms with Gasteiger partial charge >= 0.3 is 6.18 Å². The Morgan fingerprint density at radius 1 is 1.38 bits per heavy atom. The van der Waals surface area contributed by atoms with E-state index >= 15 is 0 Å². The predicted molar refractivity (Wildman–Crippen MR) is 58.8 cm³/mol. The summed E-state index contributed by atoms with van der Waals surface area (Å²) in [6, 6.07) is 3.56. The molecule has 0 aromatic heterocycles. The van der Waals surface area contributed by atoms with Crippen LogP contribution in [-0.2, 0) is 6.18 Å². The molecule has 0 spiro atoms. The van der Waals surface area contributed by atoms with Crippen LogP contribution in [0, 0.1) is 0 Å². The van der Waals surface area contributed by atoms with Crippen molar-refractivity contribution in [2.24, 2.45) is 0 Å². The van der Waals surface area contributed by atoms with Gasteiger partial charge in [-0.15, -0.1) is 0 Å². The topological polar surface area (TPSA) is 38.0 Å². The van der Waals surface area contributed by atoms with Gasteiger partial charge in [-0.2, -0.15) is 13.2 Å². The molecule has 0 unspecified atom stereocenters. The van der Waals surface area contributed by atoms with Gasteiger partial charge in [0.1, 0.15) is 0 Å². The molecule has 1 aromatic carbocycles. The Hall–Kier alpha value is -1.49. The molecule has 0 aliphatic rings. The van der Waals surface area contributed by atoms with Crippen LogP contribution in [0.25, 0.3) is 6.08 Å². The molecule has 0 amide bonds. The van der Waals surface area contributed by atoms with Crippen LogP contribution in [0.2, 0.25) is 0 Å². The van der Waals surface area contributed by atoms with Crippen molar-refractivity contribution >= 4 is 11.8 Å². The maximum absolute atomic E-state index is 12.6. The molecule has 16 heavy (non-hydrogen) atoms. The van der Waals surface area contributed by atoms with Gasteiger partial charge in [0, 0.05) is 12.2 Å². The third-order valence-electron chi connectivity index (χ3n) is 2.00. The van der Waals surface area contributed by atoms with Gasteiger partial charge < -0.3 is 11.1 Å². The number of nitrogens with one attached hydrogen (secondary N) is 1. The second-order valence-corrected chi connectivity index (χ2v) is 3.30. The molecule has 0 radical (unpaired) electrons. The van der Waals surface area contributed by atoms with Crippen molar-refractivity contribution in [3.63, 3.8) is 0 Å². The lowest BCUT2D eigenvalue weighted by atomic mass is 10.1. The molecule has 2 nitrogen and oxygen atoms in total. The number of hydrogen-bond donors (Lipinski definition) is 2. The number of likely N-dealkylation sites (N-methyl/N-ethyl adjacent to an activating group) is 1. The predicted octanol–water partition coefficient (Wildman–Crippen LogP) is 2.52. The zero-order valence-corrected chi connectivity index (χ0v) is 8.81. The minimum Gasteiger partial charge on any atom is -0.399 e. The highest BCUT2D eigenvalue weighted by atomic mass is 19.4. The number of rotatable bonds is 3. The lowest BCUT2D eigenvalue weighted by Gasteiger charge is -2.10. The SMILES string of the molecule is CNCC=Cc1cc(N)ccc1C(F)(F)F. The van der Waals surface area contributed by atoms with E-state index in [0.717, 1.165) is 6.07 Å². The zero-order valence-electron chi connectivity index (χ0n) is 8.81. The second-order valence-electron chi connectivity index (χ2n) is 3.30. The molecule has 88 valence electrons. The fraction of sp³-hybridized carbons (Fsp3) is 0.273. The molecule has 0 aliphatic heterocycles. The average Bonchev–Trinajstić information content (AvgIpc) is 2.16. The number of benzene rings is 1. The standard InChI is InChI=1S/C11H13F3N2/c1-16-6-2-3-8-7-9(15)4-5-10(8)11(12,13)14/h2-5,7,16H,6,15H2,1H3. The average molecular weight is 230 g/mol. The van der Waals surface area contributed by atoms with E-state index in [9.17, 15) is 13.2 Å². The molecular weight excluding hydrogens is 217 g/mol. The molecule has 0 fully saturated rings. The van der Waals surface area contributed by atoms with Crippen molar-refractivity contribution in [3.8, 4) is 0 Å². The van der Waals surface area contributed by atoms with E-state index in [-0.39, 0.29) is 5.56 Å². The molecule has 0 bridgehead atoms. The Morgan fingerprint density at radius 3 is 2.62 bits per heavy atom. The van der Waals surface area contributed by atoms with Crippen LogP contribution in [0.15, 0.2) is 24.3 Å². The van der Waals surface area contributed by atoms with Gasteiger partial charge in [0.2, 0.25) is 0 Å². The molecule has 0 atom stereocenters. The first-order chi connectivity index (χ1) is 7.45. The van der Waals surface area contributed by atoms with Gasteiger partial charge in [0.25, 0.3) is 0 Å². The maximum atomic E-state index is 12.6. The Kier molecular flexibility index (Phi) is 3.95. The number of anilines is 1. The number of halogens is 3. The lowest BCUT2D eigenvalue weighted by Crippen LogP contribution is -2.08. The fourth-order valence-electron chi connectivity index (χ4n) is 1.28. The molecule has 0 heterocycles. The quantitative estimate of drug-likeness (QED) is 0.783. The van der Waals surface area contributed by atoms with Crippen LogP contribution in [0.3, 0.4) is 0 Å². The van der Waals surface area contributed by atoms with E-state index in [2.05, 4.69) is 5.32 Å². The van der Waals surface area contributed by atoms with E-state index in [1.165, 1.54) is 18.2 Å². The maximum Gasteiger partial charge on any atom is 0.416 e. The first-order valence-electron chi connectivity index (χ1n) is 4.73. The van der Waals surface area contributed by atoms with Gasteiger partial charge in [-0.3, -0.25) is 0 Å². The Balaban J connectivity index is 3.09. The van der Waals surface area contributed by atoms with Crippen LogP contribution >= 0.6 is 0 Å².